The fourth-order valence-electron chi connectivity index (χ4n) is 2.18. The van der Waals surface area contributed by atoms with Gasteiger partial charge >= 0.3 is 6.03 Å². The van der Waals surface area contributed by atoms with Gasteiger partial charge in [0.05, 0.1) is 19.8 Å². The first-order chi connectivity index (χ1) is 12.1. The van der Waals surface area contributed by atoms with Crippen LogP contribution in [0.4, 0.5) is 10.6 Å². The number of nitrogens with one attached hydrogen (secondary N) is 2. The van der Waals surface area contributed by atoms with Crippen LogP contribution in [0.25, 0.3) is 0 Å². The summed E-state index contributed by atoms with van der Waals surface area (Å²) in [6, 6.07) is 10.3. The summed E-state index contributed by atoms with van der Waals surface area (Å²) in [7, 11) is 3.20. The van der Waals surface area contributed by atoms with Crippen molar-refractivity contribution >= 4 is 11.8 Å². The van der Waals surface area contributed by atoms with Gasteiger partial charge in [0, 0.05) is 13.3 Å². The van der Waals surface area contributed by atoms with E-state index < -0.39 is 0 Å². The average molecular weight is 345 g/mol. The molecule has 1 aromatic heterocycles. The number of urea groups is 1. The van der Waals surface area contributed by atoms with Crippen LogP contribution in [0.3, 0.4) is 0 Å². The van der Waals surface area contributed by atoms with Crippen LogP contribution < -0.4 is 20.1 Å². The standard InChI is InChI=1S/C18H23N3O4/c1-13(20-18(22)21-17-6-4-5-9-19-17)14-7-8-15(16(12-14)24-3)25-11-10-23-2/h4-9,12-13H,10-11H2,1-3H3,(H2,19,20,21,22). The van der Waals surface area contributed by atoms with Gasteiger partial charge in [-0.2, -0.15) is 0 Å². The van der Waals surface area contributed by atoms with Gasteiger partial charge in [-0.3, -0.25) is 5.32 Å². The van der Waals surface area contributed by atoms with Crippen LogP contribution in [0.5, 0.6) is 11.5 Å². The van der Waals surface area contributed by atoms with Crippen molar-refractivity contribution in [2.75, 3.05) is 32.8 Å². The van der Waals surface area contributed by atoms with E-state index in [1.54, 1.807) is 38.6 Å². The van der Waals surface area contributed by atoms with Crippen LogP contribution in [0.1, 0.15) is 18.5 Å². The molecule has 0 fully saturated rings. The highest BCUT2D eigenvalue weighted by Crippen LogP contribution is 2.30. The molecule has 0 spiro atoms. The third-order valence-electron chi connectivity index (χ3n) is 3.49. The van der Waals surface area contributed by atoms with E-state index in [-0.39, 0.29) is 12.1 Å². The third kappa shape index (κ3) is 5.65. The van der Waals surface area contributed by atoms with Gasteiger partial charge < -0.3 is 19.5 Å². The second-order valence-electron chi connectivity index (χ2n) is 5.29. The van der Waals surface area contributed by atoms with E-state index in [0.29, 0.717) is 30.5 Å². The zero-order valence-corrected chi connectivity index (χ0v) is 14.6. The lowest BCUT2D eigenvalue weighted by molar-refractivity contribution is 0.144. The quantitative estimate of drug-likeness (QED) is 0.719. The summed E-state index contributed by atoms with van der Waals surface area (Å²) >= 11 is 0. The molecule has 0 bridgehead atoms. The molecule has 134 valence electrons. The van der Waals surface area contributed by atoms with E-state index in [9.17, 15) is 4.79 Å². The molecule has 25 heavy (non-hydrogen) atoms. The first-order valence-electron chi connectivity index (χ1n) is 7.92. The second kappa shape index (κ2) is 9.48. The lowest BCUT2D eigenvalue weighted by Crippen LogP contribution is -2.31. The molecule has 1 aromatic carbocycles. The number of anilines is 1. The number of hydrogen-bond donors (Lipinski definition) is 2. The molecule has 1 heterocycles. The zero-order valence-electron chi connectivity index (χ0n) is 14.6. The molecule has 2 amide bonds. The Morgan fingerprint density at radius 1 is 1.16 bits per heavy atom. The van der Waals surface area contributed by atoms with Crippen LogP contribution in [0, 0.1) is 0 Å². The highest BCUT2D eigenvalue weighted by atomic mass is 16.5. The maximum absolute atomic E-state index is 12.1. The SMILES string of the molecule is COCCOc1ccc(C(C)NC(=O)Nc2ccccn2)cc1OC. The molecule has 0 saturated carbocycles. The number of methoxy groups -OCH3 is 2. The molecule has 0 saturated heterocycles. The van der Waals surface area contributed by atoms with Crippen molar-refractivity contribution in [3.8, 4) is 11.5 Å². The maximum atomic E-state index is 12.1. The topological polar surface area (TPSA) is 81.7 Å². The molecular formula is C18H23N3O4. The first-order valence-corrected chi connectivity index (χ1v) is 7.92. The van der Waals surface area contributed by atoms with Gasteiger partial charge in [0.1, 0.15) is 12.4 Å². The molecule has 0 radical (unpaired) electrons. The van der Waals surface area contributed by atoms with Gasteiger partial charge in [0.2, 0.25) is 0 Å². The van der Waals surface area contributed by atoms with E-state index in [1.165, 1.54) is 0 Å². The molecule has 1 unspecified atom stereocenters. The largest absolute Gasteiger partial charge is 0.493 e. The molecule has 7 heteroatoms. The molecular weight excluding hydrogens is 322 g/mol. The highest BCUT2D eigenvalue weighted by Gasteiger charge is 2.13. The van der Waals surface area contributed by atoms with Crippen molar-refractivity contribution in [3.05, 3.63) is 48.2 Å². The Morgan fingerprint density at radius 2 is 2.00 bits per heavy atom. The minimum absolute atomic E-state index is 0.217. The van der Waals surface area contributed by atoms with Gasteiger partial charge in [0.25, 0.3) is 0 Å². The van der Waals surface area contributed by atoms with Crippen molar-refractivity contribution in [2.45, 2.75) is 13.0 Å². The normalized spacial score (nSPS) is 11.5. The van der Waals surface area contributed by atoms with Gasteiger partial charge in [0.15, 0.2) is 11.5 Å². The summed E-state index contributed by atoms with van der Waals surface area (Å²) in [6.45, 7) is 2.82. The lowest BCUT2D eigenvalue weighted by Gasteiger charge is -2.17. The predicted octanol–water partition coefficient (Wildman–Crippen LogP) is 3.00. The number of ether oxygens (including phenoxy) is 3. The Bertz CT molecular complexity index is 679. The van der Waals surface area contributed by atoms with Crippen molar-refractivity contribution in [2.24, 2.45) is 0 Å². The predicted molar refractivity (Wildman–Crippen MR) is 95.2 cm³/mol. The van der Waals surface area contributed by atoms with Crippen molar-refractivity contribution < 1.29 is 19.0 Å². The molecule has 2 rings (SSSR count). The van der Waals surface area contributed by atoms with Crippen LogP contribution in [-0.2, 0) is 4.74 Å². The minimum Gasteiger partial charge on any atom is -0.493 e. The molecule has 0 aliphatic heterocycles. The van der Waals surface area contributed by atoms with Crippen LogP contribution in [0.2, 0.25) is 0 Å². The summed E-state index contributed by atoms with van der Waals surface area (Å²) in [5, 5.41) is 5.55. The Balaban J connectivity index is 1.98. The Morgan fingerprint density at radius 3 is 2.68 bits per heavy atom. The number of aromatic nitrogens is 1. The van der Waals surface area contributed by atoms with Crippen LogP contribution >= 0.6 is 0 Å². The number of rotatable bonds is 8. The van der Waals surface area contributed by atoms with Crippen molar-refractivity contribution in [1.29, 1.82) is 0 Å². The lowest BCUT2D eigenvalue weighted by atomic mass is 10.1. The fraction of sp³-hybridized carbons (Fsp3) is 0.333. The monoisotopic (exact) mass is 345 g/mol. The summed E-state index contributed by atoms with van der Waals surface area (Å²) in [4.78, 5) is 16.1. The van der Waals surface area contributed by atoms with Gasteiger partial charge in [-0.25, -0.2) is 9.78 Å². The summed E-state index contributed by atoms with van der Waals surface area (Å²) in [5.41, 5.74) is 0.895. The smallest absolute Gasteiger partial charge is 0.320 e. The number of benzene rings is 1. The summed E-state index contributed by atoms with van der Waals surface area (Å²) in [5.74, 6) is 1.73. The van der Waals surface area contributed by atoms with Crippen LogP contribution in [-0.4, -0.2) is 38.4 Å². The fourth-order valence-corrected chi connectivity index (χ4v) is 2.18. The number of nitrogens with zero attached hydrogens (tertiary/aromatic N) is 1. The third-order valence-corrected chi connectivity index (χ3v) is 3.49. The molecule has 0 aliphatic rings. The molecule has 1 atom stereocenters. The Hall–Kier alpha value is -2.80. The van der Waals surface area contributed by atoms with E-state index >= 15 is 0 Å². The van der Waals surface area contributed by atoms with Crippen LogP contribution in [0.15, 0.2) is 42.6 Å². The number of carbonyl (C=O) groups is 1. The molecule has 0 aliphatic carbocycles. The highest BCUT2D eigenvalue weighted by molar-refractivity contribution is 5.88. The average Bonchev–Trinajstić information content (AvgIpc) is 2.62. The Labute approximate surface area is 147 Å². The van der Waals surface area contributed by atoms with E-state index in [4.69, 9.17) is 14.2 Å². The van der Waals surface area contributed by atoms with Gasteiger partial charge in [-0.15, -0.1) is 0 Å². The van der Waals surface area contributed by atoms with E-state index in [1.807, 2.05) is 25.1 Å². The van der Waals surface area contributed by atoms with Gasteiger partial charge in [-0.05, 0) is 36.8 Å². The zero-order chi connectivity index (χ0) is 18.1. The Kier molecular flexibility index (Phi) is 7.03. The molecule has 2 N–H and O–H groups in total. The van der Waals surface area contributed by atoms with E-state index in [0.717, 1.165) is 5.56 Å². The summed E-state index contributed by atoms with van der Waals surface area (Å²) in [6.07, 6.45) is 1.62. The summed E-state index contributed by atoms with van der Waals surface area (Å²) < 4.78 is 15.9. The molecule has 2 aromatic rings. The number of pyridine rings is 1. The molecule has 7 nitrogen and oxygen atoms in total. The van der Waals surface area contributed by atoms with Gasteiger partial charge in [-0.1, -0.05) is 12.1 Å². The second-order valence-corrected chi connectivity index (χ2v) is 5.29. The van der Waals surface area contributed by atoms with E-state index in [2.05, 4.69) is 15.6 Å². The number of amides is 2. The maximum Gasteiger partial charge on any atom is 0.320 e. The van der Waals surface area contributed by atoms with Crippen molar-refractivity contribution in [3.63, 3.8) is 0 Å². The van der Waals surface area contributed by atoms with Crippen molar-refractivity contribution in [1.82, 2.24) is 10.3 Å². The minimum atomic E-state index is -0.328. The number of carbonyl (C=O) groups excluding carboxylic acids is 1. The first kappa shape index (κ1) is 18.5. The number of hydrogen-bond acceptors (Lipinski definition) is 5.